The molecule has 3 rings (SSSR count). The highest BCUT2D eigenvalue weighted by Crippen LogP contribution is 2.37. The van der Waals surface area contributed by atoms with Crippen LogP contribution in [0.2, 0.25) is 0 Å². The number of benzene rings is 1. The van der Waals surface area contributed by atoms with Crippen molar-refractivity contribution in [1.82, 2.24) is 10.4 Å². The Bertz CT molecular complexity index is 800. The van der Waals surface area contributed by atoms with Crippen LogP contribution >= 0.6 is 0 Å². The molecule has 7 heteroatoms. The lowest BCUT2D eigenvalue weighted by Gasteiger charge is -2.40. The number of hydrogen-bond acceptors (Lipinski definition) is 5. The monoisotopic (exact) mass is 472 g/mol. The topological polar surface area (TPSA) is 95.9 Å². The van der Waals surface area contributed by atoms with E-state index in [0.717, 1.165) is 56.9 Å². The van der Waals surface area contributed by atoms with Crippen molar-refractivity contribution in [1.29, 1.82) is 0 Å². The third-order valence-corrected chi connectivity index (χ3v) is 7.23. The second-order valence-electron chi connectivity index (χ2n) is 10.2. The van der Waals surface area contributed by atoms with Crippen LogP contribution in [0.4, 0.5) is 0 Å². The minimum absolute atomic E-state index is 0.0180. The van der Waals surface area contributed by atoms with Crippen molar-refractivity contribution >= 4 is 17.8 Å². The molecular formula is C27H40N2O5. The summed E-state index contributed by atoms with van der Waals surface area (Å²) in [6.07, 6.45) is 8.30. The maximum absolute atomic E-state index is 13.7. The molecule has 188 valence electrons. The van der Waals surface area contributed by atoms with Gasteiger partial charge < -0.3 is 9.64 Å². The van der Waals surface area contributed by atoms with E-state index < -0.39 is 18.0 Å². The van der Waals surface area contributed by atoms with Crippen LogP contribution in [0, 0.1) is 11.8 Å². The van der Waals surface area contributed by atoms with E-state index >= 15 is 0 Å². The molecule has 2 fully saturated rings. The number of nitrogens with one attached hydrogen (secondary N) is 1. The third-order valence-electron chi connectivity index (χ3n) is 7.23. The molecule has 7 nitrogen and oxygen atoms in total. The molecule has 2 saturated carbocycles. The molecule has 0 saturated heterocycles. The number of nitrogens with zero attached hydrogens (tertiary/aromatic N) is 1. The molecule has 0 spiro atoms. The van der Waals surface area contributed by atoms with Crippen molar-refractivity contribution in [3.05, 3.63) is 35.9 Å². The summed E-state index contributed by atoms with van der Waals surface area (Å²) in [5.41, 5.74) is 2.60. The quantitative estimate of drug-likeness (QED) is 0.270. The first-order valence-corrected chi connectivity index (χ1v) is 12.9. The highest BCUT2D eigenvalue weighted by Gasteiger charge is 2.42. The van der Waals surface area contributed by atoms with Crippen LogP contribution in [0.25, 0.3) is 0 Å². The summed E-state index contributed by atoms with van der Waals surface area (Å²) in [6, 6.07) is 7.93. The number of hydrogen-bond donors (Lipinski definition) is 2. The Labute approximate surface area is 203 Å². The van der Waals surface area contributed by atoms with Crippen molar-refractivity contribution in [2.24, 2.45) is 11.8 Å². The number of ether oxygens (including phenoxy) is 1. The fraction of sp³-hybridized carbons (Fsp3) is 0.667. The lowest BCUT2D eigenvalue weighted by atomic mass is 9.90. The van der Waals surface area contributed by atoms with E-state index in [1.54, 1.807) is 4.90 Å². The van der Waals surface area contributed by atoms with Crippen LogP contribution in [0.15, 0.2) is 30.3 Å². The van der Waals surface area contributed by atoms with Crippen LogP contribution < -0.4 is 5.48 Å². The van der Waals surface area contributed by atoms with Gasteiger partial charge in [-0.25, -0.2) is 5.48 Å². The van der Waals surface area contributed by atoms with E-state index in [0.29, 0.717) is 12.3 Å². The molecule has 0 aromatic heterocycles. The predicted molar refractivity (Wildman–Crippen MR) is 129 cm³/mol. The first-order valence-electron chi connectivity index (χ1n) is 12.9. The van der Waals surface area contributed by atoms with E-state index in [9.17, 15) is 19.6 Å². The molecule has 34 heavy (non-hydrogen) atoms. The summed E-state index contributed by atoms with van der Waals surface area (Å²) in [5, 5.41) is 9.61. The molecule has 2 amide bonds. The highest BCUT2D eigenvalue weighted by molar-refractivity contribution is 5.88. The van der Waals surface area contributed by atoms with E-state index in [4.69, 9.17) is 4.74 Å². The lowest BCUT2D eigenvalue weighted by molar-refractivity contribution is -0.156. The van der Waals surface area contributed by atoms with E-state index in [1.165, 1.54) is 0 Å². The summed E-state index contributed by atoms with van der Waals surface area (Å²) in [5.74, 6) is -0.847. The van der Waals surface area contributed by atoms with Crippen molar-refractivity contribution < 1.29 is 24.3 Å². The second-order valence-corrected chi connectivity index (χ2v) is 10.2. The van der Waals surface area contributed by atoms with Gasteiger partial charge in [-0.15, -0.1) is 0 Å². The maximum atomic E-state index is 13.7. The van der Waals surface area contributed by atoms with Crippen molar-refractivity contribution in [3.63, 3.8) is 0 Å². The molecule has 2 atom stereocenters. The summed E-state index contributed by atoms with van der Waals surface area (Å²) < 4.78 is 5.76. The largest absolute Gasteiger partial charge is 0.462 e. The number of amides is 2. The van der Waals surface area contributed by atoms with E-state index in [2.05, 4.69) is 13.8 Å². The van der Waals surface area contributed by atoms with Crippen LogP contribution in [-0.4, -0.2) is 40.0 Å². The molecule has 0 unspecified atom stereocenters. The molecule has 2 aliphatic rings. The fourth-order valence-corrected chi connectivity index (χ4v) is 5.42. The van der Waals surface area contributed by atoms with Gasteiger partial charge >= 0.3 is 5.97 Å². The molecule has 2 N–H and O–H groups in total. The van der Waals surface area contributed by atoms with Crippen molar-refractivity contribution in [2.45, 2.75) is 103 Å². The SMILES string of the molecule is CC(C)CCC(=O)N([C@H](CC(=O)OC1CCCC1)c1ccccc1)[C@@H](C(=O)NO)C1CCCC1. The molecule has 0 radical (unpaired) electrons. The van der Waals surface area contributed by atoms with Gasteiger partial charge in [0, 0.05) is 6.42 Å². The van der Waals surface area contributed by atoms with Crippen LogP contribution in [0.3, 0.4) is 0 Å². The number of hydroxylamine groups is 1. The van der Waals surface area contributed by atoms with E-state index in [1.807, 2.05) is 35.8 Å². The number of rotatable bonds is 11. The third kappa shape index (κ3) is 7.05. The van der Waals surface area contributed by atoms with Gasteiger partial charge in [0.2, 0.25) is 5.91 Å². The summed E-state index contributed by atoms with van der Waals surface area (Å²) >= 11 is 0. The van der Waals surface area contributed by atoms with Crippen molar-refractivity contribution in [2.75, 3.05) is 0 Å². The molecule has 0 bridgehead atoms. The first-order chi connectivity index (χ1) is 16.4. The van der Waals surface area contributed by atoms with Gasteiger partial charge in [0.1, 0.15) is 12.1 Å². The zero-order chi connectivity index (χ0) is 24.5. The van der Waals surface area contributed by atoms with Gasteiger partial charge in [0.05, 0.1) is 12.5 Å². The summed E-state index contributed by atoms with van der Waals surface area (Å²) in [6.45, 7) is 4.11. The van der Waals surface area contributed by atoms with Crippen LogP contribution in [0.5, 0.6) is 0 Å². The van der Waals surface area contributed by atoms with Crippen LogP contribution in [0.1, 0.15) is 96.1 Å². The average Bonchev–Trinajstić information content (AvgIpc) is 3.54. The van der Waals surface area contributed by atoms with Gasteiger partial charge in [0.15, 0.2) is 0 Å². The molecular weight excluding hydrogens is 432 g/mol. The standard InChI is InChI=1S/C27H40N2O5/c1-19(2)16-17-24(30)29(26(27(32)28-33)21-12-6-7-13-21)23(20-10-4-3-5-11-20)18-25(31)34-22-14-8-9-15-22/h3-5,10-11,19,21-23,26,33H,6-9,12-18H2,1-2H3,(H,28,32)/t23-,26-/m1/s1. The highest BCUT2D eigenvalue weighted by atomic mass is 16.5. The second kappa shape index (κ2) is 12.9. The number of esters is 1. The molecule has 1 aromatic carbocycles. The fourth-order valence-electron chi connectivity index (χ4n) is 5.42. The molecule has 1 aromatic rings. The Balaban J connectivity index is 1.97. The van der Waals surface area contributed by atoms with Crippen molar-refractivity contribution in [3.8, 4) is 0 Å². The van der Waals surface area contributed by atoms with Gasteiger partial charge in [-0.2, -0.15) is 0 Å². The van der Waals surface area contributed by atoms with Crippen LogP contribution in [-0.2, 0) is 19.1 Å². The van der Waals surface area contributed by atoms with Gasteiger partial charge in [0.25, 0.3) is 5.91 Å². The zero-order valence-corrected chi connectivity index (χ0v) is 20.6. The molecule has 2 aliphatic carbocycles. The van der Waals surface area contributed by atoms with Gasteiger partial charge in [-0.1, -0.05) is 57.0 Å². The maximum Gasteiger partial charge on any atom is 0.308 e. The zero-order valence-electron chi connectivity index (χ0n) is 20.6. The molecule has 0 heterocycles. The number of carbonyl (C=O) groups excluding carboxylic acids is 3. The Morgan fingerprint density at radius 1 is 1.03 bits per heavy atom. The smallest absolute Gasteiger partial charge is 0.308 e. The minimum Gasteiger partial charge on any atom is -0.462 e. The average molecular weight is 473 g/mol. The number of carbonyl (C=O) groups is 3. The van der Waals surface area contributed by atoms with Gasteiger partial charge in [-0.05, 0) is 62.3 Å². The Morgan fingerprint density at radius 3 is 2.24 bits per heavy atom. The minimum atomic E-state index is -0.836. The lowest BCUT2D eigenvalue weighted by Crippen LogP contribution is -2.54. The first kappa shape index (κ1) is 26.2. The van der Waals surface area contributed by atoms with E-state index in [-0.39, 0.29) is 36.7 Å². The Morgan fingerprint density at radius 2 is 1.65 bits per heavy atom. The Hall–Kier alpha value is -2.41. The normalized spacial score (nSPS) is 18.6. The Kier molecular flexibility index (Phi) is 9.93. The molecule has 0 aliphatic heterocycles. The van der Waals surface area contributed by atoms with Gasteiger partial charge in [-0.3, -0.25) is 19.6 Å². The summed E-state index contributed by atoms with van der Waals surface area (Å²) in [7, 11) is 0. The summed E-state index contributed by atoms with van der Waals surface area (Å²) in [4.78, 5) is 41.4. The predicted octanol–water partition coefficient (Wildman–Crippen LogP) is 4.93.